The van der Waals surface area contributed by atoms with E-state index in [1.54, 1.807) is 11.8 Å². The molecule has 0 unspecified atom stereocenters. The number of ketones is 1. The monoisotopic (exact) mass is 264 g/mol. The second-order valence-electron chi connectivity index (χ2n) is 4.21. The summed E-state index contributed by atoms with van der Waals surface area (Å²) in [6, 6.07) is 1.95. The zero-order valence-electron chi connectivity index (χ0n) is 11.7. The molecule has 98 valence electrons. The maximum atomic E-state index is 12.3. The van der Waals surface area contributed by atoms with Gasteiger partial charge in [0, 0.05) is 23.5 Å². The molecule has 18 heavy (non-hydrogen) atoms. The second-order valence-corrected chi connectivity index (χ2v) is 5.09. The van der Waals surface area contributed by atoms with E-state index in [0.717, 1.165) is 27.6 Å². The first-order valence-corrected chi connectivity index (χ1v) is 7.27. The van der Waals surface area contributed by atoms with Crippen LogP contribution in [0.3, 0.4) is 0 Å². The van der Waals surface area contributed by atoms with Gasteiger partial charge in [-0.3, -0.25) is 14.8 Å². The Hall–Kier alpha value is -1.16. The summed E-state index contributed by atoms with van der Waals surface area (Å²) >= 11 is 1.54. The Kier molecular flexibility index (Phi) is 5.54. The molecule has 3 nitrogen and oxygen atoms in total. The van der Waals surface area contributed by atoms with Crippen molar-refractivity contribution in [3.63, 3.8) is 0 Å². The van der Waals surface area contributed by atoms with Crippen molar-refractivity contribution in [1.29, 1.82) is 0 Å². The molecule has 0 aliphatic heterocycles. The number of carbonyl (C=O) groups is 1. The van der Waals surface area contributed by atoms with Gasteiger partial charge >= 0.3 is 0 Å². The highest BCUT2D eigenvalue weighted by atomic mass is 32.2. The fraction of sp³-hybridized carbons (Fsp3) is 0.500. The number of aryl methyl sites for hydroxylation is 3. The van der Waals surface area contributed by atoms with Crippen LogP contribution in [-0.2, 0) is 0 Å². The number of carbonyl (C=O) groups excluding carboxylic acids is 1. The van der Waals surface area contributed by atoms with Crippen molar-refractivity contribution >= 4 is 22.6 Å². The van der Waals surface area contributed by atoms with Gasteiger partial charge in [-0.25, -0.2) is 0 Å². The van der Waals surface area contributed by atoms with Gasteiger partial charge in [0.05, 0.1) is 11.5 Å². The summed E-state index contributed by atoms with van der Waals surface area (Å²) in [7, 11) is 0. The third-order valence-corrected chi connectivity index (χ3v) is 3.43. The van der Waals surface area contributed by atoms with Crippen LogP contribution in [0, 0.1) is 20.8 Å². The van der Waals surface area contributed by atoms with Gasteiger partial charge < -0.3 is 0 Å². The standard InChI is InChI=1S/C14H20N2OS/c1-6-15-13(18-5)8-12(17)14-9(2)7-10(3)16-11(14)4/h7H,6,8H2,1-5H3. The van der Waals surface area contributed by atoms with E-state index in [9.17, 15) is 4.79 Å². The normalized spacial score (nSPS) is 11.7. The van der Waals surface area contributed by atoms with Crippen molar-refractivity contribution in [2.24, 2.45) is 4.99 Å². The summed E-state index contributed by atoms with van der Waals surface area (Å²) in [4.78, 5) is 21.0. The lowest BCUT2D eigenvalue weighted by atomic mass is 10.0. The SMILES string of the molecule is CCN=C(CC(=O)c1c(C)cc(C)nc1C)SC. The molecular formula is C14H20N2OS. The molecule has 0 amide bonds. The first kappa shape index (κ1) is 14.9. The Labute approximate surface area is 113 Å². The van der Waals surface area contributed by atoms with Crippen LogP contribution >= 0.6 is 11.8 Å². The number of pyridine rings is 1. The van der Waals surface area contributed by atoms with Crippen LogP contribution in [-0.4, -0.2) is 28.6 Å². The van der Waals surface area contributed by atoms with E-state index in [1.165, 1.54) is 0 Å². The molecule has 0 aliphatic carbocycles. The molecule has 0 atom stereocenters. The number of hydrogen-bond donors (Lipinski definition) is 0. The highest BCUT2D eigenvalue weighted by molar-refractivity contribution is 8.13. The molecular weight excluding hydrogens is 244 g/mol. The van der Waals surface area contributed by atoms with E-state index in [0.29, 0.717) is 13.0 Å². The first-order chi connectivity index (χ1) is 8.49. The lowest BCUT2D eigenvalue weighted by Crippen LogP contribution is -2.11. The minimum Gasteiger partial charge on any atom is -0.294 e. The Morgan fingerprint density at radius 1 is 1.39 bits per heavy atom. The van der Waals surface area contributed by atoms with E-state index in [1.807, 2.05) is 40.0 Å². The average molecular weight is 264 g/mol. The topological polar surface area (TPSA) is 42.3 Å². The number of aromatic nitrogens is 1. The quantitative estimate of drug-likeness (QED) is 0.476. The molecule has 1 aromatic rings. The summed E-state index contributed by atoms with van der Waals surface area (Å²) in [5.41, 5.74) is 3.52. The predicted octanol–water partition coefficient (Wildman–Crippen LogP) is 3.36. The number of thioether (sulfide) groups is 1. The van der Waals surface area contributed by atoms with Crippen molar-refractivity contribution in [2.45, 2.75) is 34.1 Å². The summed E-state index contributed by atoms with van der Waals surface area (Å²) in [6.07, 6.45) is 2.33. The number of aliphatic imine (C=N–C) groups is 1. The summed E-state index contributed by atoms with van der Waals surface area (Å²) in [5.74, 6) is 0.110. The van der Waals surface area contributed by atoms with E-state index >= 15 is 0 Å². The van der Waals surface area contributed by atoms with Crippen LogP contribution in [0.4, 0.5) is 0 Å². The van der Waals surface area contributed by atoms with Crippen molar-refractivity contribution in [3.05, 3.63) is 28.6 Å². The highest BCUT2D eigenvalue weighted by Gasteiger charge is 2.15. The van der Waals surface area contributed by atoms with Gasteiger partial charge in [0.15, 0.2) is 5.78 Å². The number of nitrogens with zero attached hydrogens (tertiary/aromatic N) is 2. The molecule has 0 N–H and O–H groups in total. The van der Waals surface area contributed by atoms with E-state index in [-0.39, 0.29) is 5.78 Å². The van der Waals surface area contributed by atoms with Gasteiger partial charge in [-0.05, 0) is 45.6 Å². The number of rotatable bonds is 4. The van der Waals surface area contributed by atoms with Gasteiger partial charge in [0.2, 0.25) is 0 Å². The van der Waals surface area contributed by atoms with Crippen molar-refractivity contribution in [1.82, 2.24) is 4.98 Å². The first-order valence-electron chi connectivity index (χ1n) is 6.05. The smallest absolute Gasteiger partial charge is 0.171 e. The van der Waals surface area contributed by atoms with Gasteiger partial charge in [0.25, 0.3) is 0 Å². The van der Waals surface area contributed by atoms with Gasteiger partial charge in [-0.2, -0.15) is 0 Å². The minimum absolute atomic E-state index is 0.110. The summed E-state index contributed by atoms with van der Waals surface area (Å²) in [6.45, 7) is 8.49. The fourth-order valence-electron chi connectivity index (χ4n) is 2.04. The molecule has 4 heteroatoms. The Balaban J connectivity index is 3.01. The molecule has 0 saturated carbocycles. The molecule has 0 aliphatic rings. The molecule has 0 saturated heterocycles. The maximum Gasteiger partial charge on any atom is 0.171 e. The molecule has 0 aromatic carbocycles. The van der Waals surface area contributed by atoms with Crippen LogP contribution in [0.25, 0.3) is 0 Å². The van der Waals surface area contributed by atoms with Crippen molar-refractivity contribution in [3.8, 4) is 0 Å². The van der Waals surface area contributed by atoms with Crippen LogP contribution < -0.4 is 0 Å². The lowest BCUT2D eigenvalue weighted by Gasteiger charge is -2.09. The average Bonchev–Trinajstić information content (AvgIpc) is 2.26. The predicted molar refractivity (Wildman–Crippen MR) is 78.9 cm³/mol. The molecule has 0 spiro atoms. The third-order valence-electron chi connectivity index (χ3n) is 2.69. The van der Waals surface area contributed by atoms with E-state index in [4.69, 9.17) is 0 Å². The van der Waals surface area contributed by atoms with Gasteiger partial charge in [-0.15, -0.1) is 11.8 Å². The number of hydrogen-bond acceptors (Lipinski definition) is 4. The van der Waals surface area contributed by atoms with E-state index < -0.39 is 0 Å². The third kappa shape index (κ3) is 3.67. The second kappa shape index (κ2) is 6.69. The minimum atomic E-state index is 0.110. The highest BCUT2D eigenvalue weighted by Crippen LogP contribution is 2.17. The van der Waals surface area contributed by atoms with Crippen molar-refractivity contribution in [2.75, 3.05) is 12.8 Å². The van der Waals surface area contributed by atoms with E-state index in [2.05, 4.69) is 9.98 Å². The molecule has 0 bridgehead atoms. The lowest BCUT2D eigenvalue weighted by molar-refractivity contribution is 0.0999. The summed E-state index contributed by atoms with van der Waals surface area (Å²) < 4.78 is 0. The molecule has 0 fully saturated rings. The Bertz CT molecular complexity index is 458. The van der Waals surface area contributed by atoms with Gasteiger partial charge in [-0.1, -0.05) is 0 Å². The fourth-order valence-corrected chi connectivity index (χ4v) is 2.57. The van der Waals surface area contributed by atoms with Crippen LogP contribution in [0.15, 0.2) is 11.1 Å². The van der Waals surface area contributed by atoms with Crippen molar-refractivity contribution < 1.29 is 4.79 Å². The summed E-state index contributed by atoms with van der Waals surface area (Å²) in [5, 5.41) is 0.891. The van der Waals surface area contributed by atoms with Gasteiger partial charge in [0.1, 0.15) is 0 Å². The number of Topliss-reactive ketones (excluding diaryl/α,β-unsaturated/α-hetero) is 1. The maximum absolute atomic E-state index is 12.3. The molecule has 0 radical (unpaired) electrons. The Morgan fingerprint density at radius 2 is 2.06 bits per heavy atom. The molecule has 1 aromatic heterocycles. The molecule has 1 heterocycles. The molecule has 1 rings (SSSR count). The largest absolute Gasteiger partial charge is 0.294 e. The zero-order chi connectivity index (χ0) is 13.7. The van der Waals surface area contributed by atoms with Crippen LogP contribution in [0.2, 0.25) is 0 Å². The van der Waals surface area contributed by atoms with Crippen LogP contribution in [0.1, 0.15) is 40.7 Å². The van der Waals surface area contributed by atoms with Crippen LogP contribution in [0.5, 0.6) is 0 Å². The zero-order valence-corrected chi connectivity index (χ0v) is 12.5. The Morgan fingerprint density at radius 3 is 2.56 bits per heavy atom.